The summed E-state index contributed by atoms with van der Waals surface area (Å²) < 4.78 is 5.73. The van der Waals surface area contributed by atoms with Gasteiger partial charge in [0.2, 0.25) is 0 Å². The molecule has 0 aliphatic heterocycles. The van der Waals surface area contributed by atoms with Gasteiger partial charge in [-0.25, -0.2) is 0 Å². The van der Waals surface area contributed by atoms with Crippen molar-refractivity contribution in [2.45, 2.75) is 6.61 Å². The van der Waals surface area contributed by atoms with E-state index in [-0.39, 0.29) is 0 Å². The molecule has 0 aliphatic carbocycles. The van der Waals surface area contributed by atoms with Gasteiger partial charge in [0.05, 0.1) is 0 Å². The first-order valence-electron chi connectivity index (χ1n) is 6.38. The summed E-state index contributed by atoms with van der Waals surface area (Å²) >= 11 is 0. The summed E-state index contributed by atoms with van der Waals surface area (Å²) in [5.41, 5.74) is 2.33. The van der Waals surface area contributed by atoms with E-state index in [9.17, 15) is 0 Å². The van der Waals surface area contributed by atoms with Crippen LogP contribution in [-0.4, -0.2) is 22.2 Å². The molecule has 3 aromatic rings. The summed E-state index contributed by atoms with van der Waals surface area (Å²) in [4.78, 5) is 2.94. The average molecular weight is 267 g/mol. The molecule has 1 heterocycles. The Balaban J connectivity index is 1.78. The first kappa shape index (κ1) is 12.8. The van der Waals surface area contributed by atoms with Crippen LogP contribution >= 0.6 is 0 Å². The van der Waals surface area contributed by atoms with Crippen molar-refractivity contribution >= 4 is 23.6 Å². The predicted octanol–water partition coefficient (Wildman–Crippen LogP) is 1.43. The van der Waals surface area contributed by atoms with Gasteiger partial charge in [0, 0.05) is 16.5 Å². The van der Waals surface area contributed by atoms with Gasteiger partial charge in [0.1, 0.15) is 12.4 Å². The molecule has 20 heavy (non-hydrogen) atoms. The Morgan fingerprint density at radius 3 is 2.55 bits per heavy atom. The van der Waals surface area contributed by atoms with Gasteiger partial charge in [-0.3, -0.25) is 0 Å². The molecule has 0 saturated heterocycles. The smallest absolute Gasteiger partial charge is 0.489 e. The van der Waals surface area contributed by atoms with E-state index in [0.717, 1.165) is 22.2 Å². The van der Waals surface area contributed by atoms with E-state index in [1.54, 1.807) is 6.07 Å². The maximum atomic E-state index is 9.14. The number of fused-ring (bicyclic) bond motifs is 1. The lowest BCUT2D eigenvalue weighted by molar-refractivity contribution is 0.306. The van der Waals surface area contributed by atoms with Gasteiger partial charge in [0.25, 0.3) is 0 Å². The first-order chi connectivity index (χ1) is 9.72. The Bertz CT molecular complexity index is 709. The molecule has 3 N–H and O–H groups in total. The number of aromatic amines is 1. The third-order valence-electron chi connectivity index (χ3n) is 3.14. The van der Waals surface area contributed by atoms with E-state index in [2.05, 4.69) is 4.98 Å². The molecule has 0 fully saturated rings. The summed E-state index contributed by atoms with van der Waals surface area (Å²) in [6, 6.07) is 17.2. The molecule has 0 saturated carbocycles. The molecule has 1 aromatic heterocycles. The second kappa shape index (κ2) is 5.40. The Labute approximate surface area is 116 Å². The molecular weight excluding hydrogens is 253 g/mol. The third-order valence-corrected chi connectivity index (χ3v) is 3.14. The number of ether oxygens (including phenoxy) is 1. The van der Waals surface area contributed by atoms with Gasteiger partial charge in [-0.1, -0.05) is 30.3 Å². The second-order valence-electron chi connectivity index (χ2n) is 4.62. The average Bonchev–Trinajstić information content (AvgIpc) is 2.89. The molecule has 100 valence electrons. The minimum absolute atomic E-state index is 0.375. The van der Waals surface area contributed by atoms with Crippen LogP contribution in [0.25, 0.3) is 10.9 Å². The van der Waals surface area contributed by atoms with Crippen LogP contribution in [0, 0.1) is 0 Å². The Hall–Kier alpha value is -2.24. The molecule has 2 aromatic carbocycles. The topological polar surface area (TPSA) is 65.5 Å². The van der Waals surface area contributed by atoms with Crippen molar-refractivity contribution in [1.29, 1.82) is 0 Å². The number of rotatable bonds is 4. The van der Waals surface area contributed by atoms with Gasteiger partial charge in [-0.2, -0.15) is 0 Å². The molecule has 4 nitrogen and oxygen atoms in total. The Morgan fingerprint density at radius 2 is 1.80 bits per heavy atom. The highest BCUT2D eigenvalue weighted by Gasteiger charge is 2.14. The van der Waals surface area contributed by atoms with Crippen molar-refractivity contribution in [2.75, 3.05) is 0 Å². The Kier molecular flexibility index (Phi) is 3.45. The van der Waals surface area contributed by atoms with Crippen molar-refractivity contribution in [3.05, 3.63) is 60.2 Å². The number of hydrogen-bond donors (Lipinski definition) is 3. The van der Waals surface area contributed by atoms with Crippen LogP contribution in [0.3, 0.4) is 0 Å². The highest BCUT2D eigenvalue weighted by molar-refractivity contribution is 6.58. The van der Waals surface area contributed by atoms with E-state index < -0.39 is 7.12 Å². The number of H-pyrrole nitrogens is 1. The lowest BCUT2D eigenvalue weighted by Crippen LogP contribution is -2.30. The SMILES string of the molecule is OB(O)c1cc2cc(OCc3ccccc3)ccc2[nH]1. The fraction of sp³-hybridized carbons (Fsp3) is 0.0667. The van der Waals surface area contributed by atoms with Crippen molar-refractivity contribution in [3.63, 3.8) is 0 Å². The molecule has 5 heteroatoms. The molecule has 3 rings (SSSR count). The van der Waals surface area contributed by atoms with Crippen LogP contribution in [0.5, 0.6) is 5.75 Å². The predicted molar refractivity (Wildman–Crippen MR) is 78.9 cm³/mol. The van der Waals surface area contributed by atoms with Gasteiger partial charge >= 0.3 is 7.12 Å². The van der Waals surface area contributed by atoms with E-state index >= 15 is 0 Å². The summed E-state index contributed by atoms with van der Waals surface area (Å²) in [5.74, 6) is 0.749. The zero-order valence-corrected chi connectivity index (χ0v) is 10.8. The normalized spacial score (nSPS) is 10.7. The van der Waals surface area contributed by atoms with Crippen molar-refractivity contribution < 1.29 is 14.8 Å². The van der Waals surface area contributed by atoms with Gasteiger partial charge in [-0.05, 0) is 29.8 Å². The van der Waals surface area contributed by atoms with Crippen LogP contribution in [-0.2, 0) is 6.61 Å². The monoisotopic (exact) mass is 267 g/mol. The number of hydrogen-bond acceptors (Lipinski definition) is 3. The highest BCUT2D eigenvalue weighted by atomic mass is 16.5. The number of nitrogens with one attached hydrogen (secondary N) is 1. The van der Waals surface area contributed by atoms with Crippen LogP contribution in [0.15, 0.2) is 54.6 Å². The molecule has 0 aliphatic rings. The fourth-order valence-electron chi connectivity index (χ4n) is 2.10. The fourth-order valence-corrected chi connectivity index (χ4v) is 2.10. The van der Waals surface area contributed by atoms with E-state index in [1.807, 2.05) is 48.5 Å². The van der Waals surface area contributed by atoms with Gasteiger partial charge in [-0.15, -0.1) is 0 Å². The molecule has 0 radical (unpaired) electrons. The zero-order chi connectivity index (χ0) is 13.9. The second-order valence-corrected chi connectivity index (χ2v) is 4.62. The summed E-state index contributed by atoms with van der Waals surface area (Å²) in [6.07, 6.45) is 0. The Morgan fingerprint density at radius 1 is 1.00 bits per heavy atom. The van der Waals surface area contributed by atoms with Crippen molar-refractivity contribution in [3.8, 4) is 5.75 Å². The van der Waals surface area contributed by atoms with E-state index in [4.69, 9.17) is 14.8 Å². The summed E-state index contributed by atoms with van der Waals surface area (Å²) in [5, 5.41) is 19.2. The maximum Gasteiger partial charge on any atom is 0.505 e. The lowest BCUT2D eigenvalue weighted by Gasteiger charge is -2.06. The standard InChI is InChI=1S/C15H14BNO3/c18-16(19)15-9-12-8-13(6-7-14(12)17-15)20-10-11-4-2-1-3-5-11/h1-9,17-19H,10H2. The van der Waals surface area contributed by atoms with E-state index in [0.29, 0.717) is 12.2 Å². The molecular formula is C15H14BNO3. The van der Waals surface area contributed by atoms with Crippen molar-refractivity contribution in [2.24, 2.45) is 0 Å². The molecule has 0 bridgehead atoms. The molecule has 0 atom stereocenters. The van der Waals surface area contributed by atoms with Crippen LogP contribution in [0.2, 0.25) is 0 Å². The van der Waals surface area contributed by atoms with Gasteiger partial charge < -0.3 is 19.8 Å². The van der Waals surface area contributed by atoms with Crippen molar-refractivity contribution in [1.82, 2.24) is 4.98 Å². The first-order valence-corrected chi connectivity index (χ1v) is 6.38. The summed E-state index contributed by atoms with van der Waals surface area (Å²) in [7, 11) is -1.49. The lowest BCUT2D eigenvalue weighted by atomic mass is 9.86. The molecule has 0 amide bonds. The largest absolute Gasteiger partial charge is 0.505 e. The zero-order valence-electron chi connectivity index (χ0n) is 10.8. The van der Waals surface area contributed by atoms with Crippen LogP contribution in [0.1, 0.15) is 5.56 Å². The minimum atomic E-state index is -1.49. The van der Waals surface area contributed by atoms with Crippen LogP contribution in [0.4, 0.5) is 0 Å². The third kappa shape index (κ3) is 2.69. The maximum absolute atomic E-state index is 9.14. The van der Waals surface area contributed by atoms with Crippen LogP contribution < -0.4 is 10.3 Å². The molecule has 0 unspecified atom stereocenters. The van der Waals surface area contributed by atoms with Gasteiger partial charge in [0.15, 0.2) is 0 Å². The number of benzene rings is 2. The highest BCUT2D eigenvalue weighted by Crippen LogP contribution is 2.20. The minimum Gasteiger partial charge on any atom is -0.489 e. The number of aromatic nitrogens is 1. The quantitative estimate of drug-likeness (QED) is 0.626. The molecule has 0 spiro atoms. The van der Waals surface area contributed by atoms with E-state index in [1.165, 1.54) is 0 Å². The summed E-state index contributed by atoms with van der Waals surface area (Å²) in [6.45, 7) is 0.506.